The molecular weight excluding hydrogens is 390 g/mol. The zero-order chi connectivity index (χ0) is 22.6. The number of carbonyl (C=O) groups is 3. The second-order valence-electron chi connectivity index (χ2n) is 8.86. The highest BCUT2D eigenvalue weighted by Crippen LogP contribution is 2.25. The number of nitrogens with one attached hydrogen (secondary N) is 2. The molecule has 2 aromatic carbocycles. The van der Waals surface area contributed by atoms with Crippen molar-refractivity contribution in [1.82, 2.24) is 15.5 Å². The molecule has 0 saturated carbocycles. The lowest BCUT2D eigenvalue weighted by Crippen LogP contribution is -2.45. The van der Waals surface area contributed by atoms with Crippen molar-refractivity contribution in [3.8, 4) is 11.1 Å². The average molecular weight is 422 g/mol. The van der Waals surface area contributed by atoms with Crippen LogP contribution < -0.4 is 10.6 Å². The Hall–Kier alpha value is -3.15. The van der Waals surface area contributed by atoms with Crippen molar-refractivity contribution in [2.75, 3.05) is 6.54 Å². The fraction of sp³-hybridized carbons (Fsp3) is 0.400. The van der Waals surface area contributed by atoms with Crippen molar-refractivity contribution >= 4 is 17.8 Å². The summed E-state index contributed by atoms with van der Waals surface area (Å²) in [4.78, 5) is 38.7. The molecule has 1 heterocycles. The normalized spacial score (nSPS) is 19.5. The van der Waals surface area contributed by atoms with Crippen LogP contribution in [0.25, 0.3) is 11.1 Å². The average Bonchev–Trinajstić information content (AvgIpc) is 2.96. The Bertz CT molecular complexity index is 940. The summed E-state index contributed by atoms with van der Waals surface area (Å²) in [5, 5.41) is 5.64. The number of amides is 4. The van der Waals surface area contributed by atoms with Gasteiger partial charge in [0.2, 0.25) is 5.91 Å². The summed E-state index contributed by atoms with van der Waals surface area (Å²) in [5.74, 6) is -0.280. The summed E-state index contributed by atoms with van der Waals surface area (Å²) in [6, 6.07) is 17.3. The fourth-order valence-corrected chi connectivity index (χ4v) is 3.75. The Kier molecular flexibility index (Phi) is 6.78. The molecular formula is C25H31N3O3. The predicted molar refractivity (Wildman–Crippen MR) is 121 cm³/mol. The zero-order valence-corrected chi connectivity index (χ0v) is 18.6. The van der Waals surface area contributed by atoms with Crippen molar-refractivity contribution in [2.45, 2.75) is 52.1 Å². The topological polar surface area (TPSA) is 78.5 Å². The third-order valence-electron chi connectivity index (χ3n) is 5.76. The molecule has 3 rings (SSSR count). The number of hydrogen-bond donors (Lipinski definition) is 2. The number of carbonyl (C=O) groups excluding carboxylic acids is 3. The molecule has 6 heteroatoms. The molecule has 0 spiro atoms. The highest BCUT2D eigenvalue weighted by atomic mass is 16.2. The van der Waals surface area contributed by atoms with Gasteiger partial charge in [-0.25, -0.2) is 4.79 Å². The van der Waals surface area contributed by atoms with Crippen LogP contribution >= 0.6 is 0 Å². The van der Waals surface area contributed by atoms with Gasteiger partial charge in [-0.1, -0.05) is 68.4 Å². The Labute approximate surface area is 184 Å². The molecule has 2 aromatic rings. The second kappa shape index (κ2) is 9.33. The lowest BCUT2D eigenvalue weighted by atomic mass is 9.92. The van der Waals surface area contributed by atoms with Crippen molar-refractivity contribution in [1.29, 1.82) is 0 Å². The van der Waals surface area contributed by atoms with E-state index in [0.717, 1.165) is 28.0 Å². The van der Waals surface area contributed by atoms with E-state index in [2.05, 4.69) is 24.5 Å². The van der Waals surface area contributed by atoms with Crippen LogP contribution in [0.2, 0.25) is 0 Å². The quantitative estimate of drug-likeness (QED) is 0.625. The first-order valence-electron chi connectivity index (χ1n) is 10.8. The Balaban J connectivity index is 1.59. The van der Waals surface area contributed by atoms with Gasteiger partial charge in [0, 0.05) is 0 Å². The van der Waals surface area contributed by atoms with Gasteiger partial charge < -0.3 is 10.6 Å². The summed E-state index contributed by atoms with van der Waals surface area (Å²) in [6.45, 7) is 7.47. The molecule has 1 aliphatic heterocycles. The maximum Gasteiger partial charge on any atom is 0.325 e. The first-order chi connectivity index (χ1) is 14.7. The smallest absolute Gasteiger partial charge is 0.325 e. The van der Waals surface area contributed by atoms with E-state index in [1.54, 1.807) is 6.92 Å². The van der Waals surface area contributed by atoms with E-state index in [1.807, 2.05) is 61.5 Å². The highest BCUT2D eigenvalue weighted by molar-refractivity contribution is 6.08. The SMILES string of the molecule is CC(C)CC[C@]1(C)NC(=O)N(CC(=O)N[C@H](C)c2ccc(-c3ccccc3)cc2)C1=O. The number of urea groups is 1. The first kappa shape index (κ1) is 22.5. The van der Waals surface area contributed by atoms with Gasteiger partial charge in [0.1, 0.15) is 12.1 Å². The maximum absolute atomic E-state index is 12.8. The molecule has 0 unspecified atom stereocenters. The fourth-order valence-electron chi connectivity index (χ4n) is 3.75. The minimum Gasteiger partial charge on any atom is -0.348 e. The molecule has 1 fully saturated rings. The number of benzene rings is 2. The Morgan fingerprint density at radius 2 is 1.61 bits per heavy atom. The van der Waals surface area contributed by atoms with Crippen LogP contribution in [0.15, 0.2) is 54.6 Å². The van der Waals surface area contributed by atoms with Gasteiger partial charge in [-0.15, -0.1) is 0 Å². The van der Waals surface area contributed by atoms with E-state index in [1.165, 1.54) is 0 Å². The molecule has 0 bridgehead atoms. The van der Waals surface area contributed by atoms with Crippen molar-refractivity contribution in [3.63, 3.8) is 0 Å². The van der Waals surface area contributed by atoms with Crippen LogP contribution in [-0.4, -0.2) is 34.8 Å². The summed E-state index contributed by atoms with van der Waals surface area (Å²) in [7, 11) is 0. The van der Waals surface area contributed by atoms with E-state index >= 15 is 0 Å². The van der Waals surface area contributed by atoms with Gasteiger partial charge in [-0.05, 0) is 49.3 Å². The summed E-state index contributed by atoms with van der Waals surface area (Å²) >= 11 is 0. The van der Waals surface area contributed by atoms with Crippen molar-refractivity contribution in [2.24, 2.45) is 5.92 Å². The zero-order valence-electron chi connectivity index (χ0n) is 18.6. The third-order valence-corrected chi connectivity index (χ3v) is 5.76. The van der Waals surface area contributed by atoms with E-state index in [-0.39, 0.29) is 24.4 Å². The molecule has 0 aromatic heterocycles. The van der Waals surface area contributed by atoms with Crippen LogP contribution in [0.4, 0.5) is 4.79 Å². The highest BCUT2D eigenvalue weighted by Gasteiger charge is 2.47. The molecule has 6 nitrogen and oxygen atoms in total. The first-order valence-corrected chi connectivity index (χ1v) is 10.8. The summed E-state index contributed by atoms with van der Waals surface area (Å²) in [6.07, 6.45) is 1.37. The van der Waals surface area contributed by atoms with Gasteiger partial charge in [-0.3, -0.25) is 14.5 Å². The molecule has 2 atom stereocenters. The minimum absolute atomic E-state index is 0.245. The molecule has 31 heavy (non-hydrogen) atoms. The predicted octanol–water partition coefficient (Wildman–Crippen LogP) is 4.28. The van der Waals surface area contributed by atoms with E-state index in [9.17, 15) is 14.4 Å². The van der Waals surface area contributed by atoms with Crippen LogP contribution in [0.3, 0.4) is 0 Å². The van der Waals surface area contributed by atoms with Crippen molar-refractivity contribution in [3.05, 3.63) is 60.2 Å². The molecule has 0 aliphatic carbocycles. The van der Waals surface area contributed by atoms with Crippen LogP contribution in [-0.2, 0) is 9.59 Å². The van der Waals surface area contributed by atoms with Gasteiger partial charge in [0.15, 0.2) is 0 Å². The van der Waals surface area contributed by atoms with Gasteiger partial charge in [-0.2, -0.15) is 0 Å². The molecule has 2 N–H and O–H groups in total. The molecule has 164 valence electrons. The van der Waals surface area contributed by atoms with Crippen LogP contribution in [0.1, 0.15) is 52.1 Å². The minimum atomic E-state index is -0.944. The number of imide groups is 1. The van der Waals surface area contributed by atoms with Gasteiger partial charge in [0.25, 0.3) is 5.91 Å². The third kappa shape index (κ3) is 5.32. The van der Waals surface area contributed by atoms with Gasteiger partial charge in [0.05, 0.1) is 6.04 Å². The maximum atomic E-state index is 12.8. The molecule has 1 saturated heterocycles. The monoisotopic (exact) mass is 421 g/mol. The summed E-state index contributed by atoms with van der Waals surface area (Å²) in [5.41, 5.74) is 2.24. The van der Waals surface area contributed by atoms with E-state index in [4.69, 9.17) is 0 Å². The Morgan fingerprint density at radius 1 is 1.00 bits per heavy atom. The van der Waals surface area contributed by atoms with Crippen LogP contribution in [0.5, 0.6) is 0 Å². The van der Waals surface area contributed by atoms with Crippen molar-refractivity contribution < 1.29 is 14.4 Å². The van der Waals surface area contributed by atoms with E-state index < -0.39 is 11.6 Å². The largest absolute Gasteiger partial charge is 0.348 e. The Morgan fingerprint density at radius 3 is 2.23 bits per heavy atom. The number of nitrogens with zero attached hydrogens (tertiary/aromatic N) is 1. The van der Waals surface area contributed by atoms with Crippen LogP contribution in [0, 0.1) is 5.92 Å². The number of hydrogen-bond acceptors (Lipinski definition) is 3. The standard InChI is InChI=1S/C25H31N3O3/c1-17(2)14-15-25(4)23(30)28(24(31)27-25)16-22(29)26-18(3)19-10-12-21(13-11-19)20-8-6-5-7-9-20/h5-13,17-18H,14-16H2,1-4H3,(H,26,29)(H,27,31)/t18-,25+/m1/s1. The number of rotatable bonds is 8. The van der Waals surface area contributed by atoms with E-state index in [0.29, 0.717) is 12.3 Å². The molecule has 0 radical (unpaired) electrons. The molecule has 1 aliphatic rings. The molecule has 4 amide bonds. The summed E-state index contributed by atoms with van der Waals surface area (Å²) < 4.78 is 0. The van der Waals surface area contributed by atoms with Gasteiger partial charge >= 0.3 is 6.03 Å². The second-order valence-corrected chi connectivity index (χ2v) is 8.86. The lowest BCUT2D eigenvalue weighted by molar-refractivity contribution is -0.135. The lowest BCUT2D eigenvalue weighted by Gasteiger charge is -2.22.